The van der Waals surface area contributed by atoms with Gasteiger partial charge in [-0.3, -0.25) is 9.78 Å². The fourth-order valence-electron chi connectivity index (χ4n) is 1.87. The van der Waals surface area contributed by atoms with Gasteiger partial charge >= 0.3 is 5.97 Å². The molecule has 23 heavy (non-hydrogen) atoms. The Kier molecular flexibility index (Phi) is 4.05. The highest BCUT2D eigenvalue weighted by Gasteiger charge is 2.15. The Bertz CT molecular complexity index is 745. The van der Waals surface area contributed by atoms with Crippen LogP contribution in [0.4, 0.5) is 5.69 Å². The maximum Gasteiger partial charge on any atom is 0.359 e. The lowest BCUT2D eigenvalue weighted by Crippen LogP contribution is -2.21. The molecule has 2 aromatic rings. The summed E-state index contributed by atoms with van der Waals surface area (Å²) in [5.74, 6) is -0.0160. The molecule has 3 rings (SSSR count). The molecular weight excluding hydrogens is 302 g/mol. The molecule has 0 spiro atoms. The molecule has 1 aromatic carbocycles. The van der Waals surface area contributed by atoms with Gasteiger partial charge < -0.3 is 19.5 Å². The first-order valence-electron chi connectivity index (χ1n) is 6.77. The van der Waals surface area contributed by atoms with Crippen LogP contribution in [-0.2, 0) is 9.53 Å². The van der Waals surface area contributed by atoms with Gasteiger partial charge in [0.2, 0.25) is 6.79 Å². The first-order chi connectivity index (χ1) is 11.1. The second kappa shape index (κ2) is 6.30. The number of rotatable bonds is 4. The number of nitrogens with zero attached hydrogens (tertiary/aromatic N) is 2. The number of fused-ring (bicyclic) bond motifs is 1. The number of benzene rings is 1. The molecule has 0 bridgehead atoms. The summed E-state index contributed by atoms with van der Waals surface area (Å²) in [6.07, 6.45) is 2.75. The van der Waals surface area contributed by atoms with Crippen molar-refractivity contribution in [1.29, 1.82) is 0 Å². The molecule has 0 aliphatic carbocycles. The second-order valence-electron chi connectivity index (χ2n) is 4.74. The van der Waals surface area contributed by atoms with Gasteiger partial charge in [0.05, 0.1) is 11.9 Å². The molecule has 118 valence electrons. The Morgan fingerprint density at radius 3 is 2.83 bits per heavy atom. The molecule has 1 aromatic heterocycles. The maximum atomic E-state index is 11.8. The van der Waals surface area contributed by atoms with Gasteiger partial charge in [-0.25, -0.2) is 9.78 Å². The number of anilines is 1. The van der Waals surface area contributed by atoms with Gasteiger partial charge in [0.15, 0.2) is 23.8 Å². The largest absolute Gasteiger partial charge is 0.454 e. The summed E-state index contributed by atoms with van der Waals surface area (Å²) in [6.45, 7) is 1.48. The monoisotopic (exact) mass is 315 g/mol. The SMILES string of the molecule is Cc1cnc(C(=O)OCC(=O)Nc2ccc3c(c2)OCO3)cn1. The van der Waals surface area contributed by atoms with Gasteiger partial charge in [0.1, 0.15) is 0 Å². The van der Waals surface area contributed by atoms with Gasteiger partial charge in [0.25, 0.3) is 5.91 Å². The predicted molar refractivity (Wildman–Crippen MR) is 78.2 cm³/mol. The highest BCUT2D eigenvalue weighted by molar-refractivity contribution is 5.95. The quantitative estimate of drug-likeness (QED) is 0.849. The van der Waals surface area contributed by atoms with Crippen LogP contribution in [0.25, 0.3) is 0 Å². The molecule has 2 heterocycles. The third-order valence-electron chi connectivity index (χ3n) is 2.98. The molecule has 1 aliphatic rings. The lowest BCUT2D eigenvalue weighted by molar-refractivity contribution is -0.119. The van der Waals surface area contributed by atoms with Gasteiger partial charge in [-0.15, -0.1) is 0 Å². The minimum Gasteiger partial charge on any atom is -0.454 e. The first-order valence-corrected chi connectivity index (χ1v) is 6.77. The minimum absolute atomic E-state index is 0.0477. The number of esters is 1. The van der Waals surface area contributed by atoms with Crippen molar-refractivity contribution in [1.82, 2.24) is 9.97 Å². The van der Waals surface area contributed by atoms with Crippen LogP contribution < -0.4 is 14.8 Å². The van der Waals surface area contributed by atoms with E-state index >= 15 is 0 Å². The second-order valence-corrected chi connectivity index (χ2v) is 4.74. The van der Waals surface area contributed by atoms with Crippen LogP contribution in [0.15, 0.2) is 30.6 Å². The van der Waals surface area contributed by atoms with E-state index in [1.165, 1.54) is 12.4 Å². The van der Waals surface area contributed by atoms with Crippen molar-refractivity contribution in [2.45, 2.75) is 6.92 Å². The topological polar surface area (TPSA) is 99.6 Å². The zero-order valence-corrected chi connectivity index (χ0v) is 12.2. The van der Waals surface area contributed by atoms with E-state index in [4.69, 9.17) is 14.2 Å². The molecule has 0 radical (unpaired) electrons. The van der Waals surface area contributed by atoms with E-state index < -0.39 is 18.5 Å². The lowest BCUT2D eigenvalue weighted by atomic mass is 10.3. The van der Waals surface area contributed by atoms with Crippen molar-refractivity contribution in [3.8, 4) is 11.5 Å². The number of hydrogen-bond donors (Lipinski definition) is 1. The van der Waals surface area contributed by atoms with Gasteiger partial charge in [-0.2, -0.15) is 0 Å². The molecular formula is C15H13N3O5. The van der Waals surface area contributed by atoms with E-state index in [-0.39, 0.29) is 12.5 Å². The Hall–Kier alpha value is -3.16. The number of aromatic nitrogens is 2. The van der Waals surface area contributed by atoms with E-state index in [1.54, 1.807) is 25.1 Å². The number of carbonyl (C=O) groups excluding carboxylic acids is 2. The standard InChI is InChI=1S/C15H13N3O5/c1-9-5-17-11(6-16-9)15(20)21-7-14(19)18-10-2-3-12-13(4-10)23-8-22-12/h2-6H,7-8H2,1H3,(H,18,19). The van der Waals surface area contributed by atoms with Crippen molar-refractivity contribution in [3.05, 3.63) is 42.0 Å². The van der Waals surface area contributed by atoms with E-state index in [0.717, 1.165) is 0 Å². The summed E-state index contributed by atoms with van der Waals surface area (Å²) in [6, 6.07) is 4.98. The van der Waals surface area contributed by atoms with E-state index in [1.807, 2.05) is 0 Å². The van der Waals surface area contributed by atoms with Crippen LogP contribution in [0, 0.1) is 6.92 Å². The fraction of sp³-hybridized carbons (Fsp3) is 0.200. The number of hydrogen-bond acceptors (Lipinski definition) is 7. The number of ether oxygens (including phenoxy) is 3. The van der Waals surface area contributed by atoms with Crippen molar-refractivity contribution in [2.75, 3.05) is 18.7 Å². The average Bonchev–Trinajstić information content (AvgIpc) is 3.01. The van der Waals surface area contributed by atoms with Crippen molar-refractivity contribution >= 4 is 17.6 Å². The highest BCUT2D eigenvalue weighted by Crippen LogP contribution is 2.34. The number of nitrogens with one attached hydrogen (secondary N) is 1. The summed E-state index contributed by atoms with van der Waals surface area (Å²) in [7, 11) is 0. The number of amides is 1. The van der Waals surface area contributed by atoms with Crippen LogP contribution in [0.2, 0.25) is 0 Å². The van der Waals surface area contributed by atoms with Crippen molar-refractivity contribution < 1.29 is 23.8 Å². The van der Waals surface area contributed by atoms with E-state index in [2.05, 4.69) is 15.3 Å². The van der Waals surface area contributed by atoms with Gasteiger partial charge in [0, 0.05) is 18.0 Å². The van der Waals surface area contributed by atoms with Crippen LogP contribution >= 0.6 is 0 Å². The molecule has 1 amide bonds. The van der Waals surface area contributed by atoms with Gasteiger partial charge in [-0.1, -0.05) is 0 Å². The normalized spacial score (nSPS) is 11.9. The van der Waals surface area contributed by atoms with Crippen LogP contribution in [-0.4, -0.2) is 35.2 Å². The highest BCUT2D eigenvalue weighted by atomic mass is 16.7. The number of aryl methyl sites for hydroxylation is 1. The van der Waals surface area contributed by atoms with E-state index in [0.29, 0.717) is 22.9 Å². The third kappa shape index (κ3) is 3.54. The molecule has 8 nitrogen and oxygen atoms in total. The molecule has 0 atom stereocenters. The molecule has 0 fully saturated rings. The van der Waals surface area contributed by atoms with Crippen molar-refractivity contribution in [3.63, 3.8) is 0 Å². The molecule has 0 saturated heterocycles. The minimum atomic E-state index is -0.710. The predicted octanol–water partition coefficient (Wildman–Crippen LogP) is 1.31. The Labute approximate surface area is 131 Å². The number of carbonyl (C=O) groups is 2. The van der Waals surface area contributed by atoms with Gasteiger partial charge in [-0.05, 0) is 19.1 Å². The van der Waals surface area contributed by atoms with Crippen LogP contribution in [0.3, 0.4) is 0 Å². The lowest BCUT2D eigenvalue weighted by Gasteiger charge is -2.07. The molecule has 0 unspecified atom stereocenters. The summed E-state index contributed by atoms with van der Waals surface area (Å²) in [5, 5.41) is 2.60. The summed E-state index contributed by atoms with van der Waals surface area (Å²) in [5.41, 5.74) is 1.25. The van der Waals surface area contributed by atoms with Crippen molar-refractivity contribution in [2.24, 2.45) is 0 Å². The Morgan fingerprint density at radius 2 is 2.04 bits per heavy atom. The average molecular weight is 315 g/mol. The zero-order chi connectivity index (χ0) is 16.2. The molecule has 1 N–H and O–H groups in total. The maximum absolute atomic E-state index is 11.8. The van der Waals surface area contributed by atoms with Crippen LogP contribution in [0.1, 0.15) is 16.2 Å². The fourth-order valence-corrected chi connectivity index (χ4v) is 1.87. The summed E-state index contributed by atoms with van der Waals surface area (Å²) >= 11 is 0. The third-order valence-corrected chi connectivity index (χ3v) is 2.98. The van der Waals surface area contributed by atoms with E-state index in [9.17, 15) is 9.59 Å². The zero-order valence-electron chi connectivity index (χ0n) is 12.2. The molecule has 1 aliphatic heterocycles. The summed E-state index contributed by atoms with van der Waals surface area (Å²) in [4.78, 5) is 31.4. The smallest absolute Gasteiger partial charge is 0.359 e. The Balaban J connectivity index is 1.53. The first kappa shape index (κ1) is 14.8. The Morgan fingerprint density at radius 1 is 1.22 bits per heavy atom. The summed E-state index contributed by atoms with van der Waals surface area (Å²) < 4.78 is 15.3. The molecule has 0 saturated carbocycles. The van der Waals surface area contributed by atoms with Crippen LogP contribution in [0.5, 0.6) is 11.5 Å². The molecule has 8 heteroatoms.